The number of hydrogen-bond donors (Lipinski definition) is 1. The first-order chi connectivity index (χ1) is 14.3. The first-order valence-corrected chi connectivity index (χ1v) is 13.6. The summed E-state index contributed by atoms with van der Waals surface area (Å²) in [5.41, 5.74) is 0.692. The van der Waals surface area contributed by atoms with Gasteiger partial charge in [0.25, 0.3) is 0 Å². The number of piperidine rings is 1. The number of benzene rings is 2. The monoisotopic (exact) mass is 516 g/mol. The van der Waals surface area contributed by atoms with Gasteiger partial charge in [0.15, 0.2) is 0 Å². The number of ether oxygens (including phenoxy) is 1. The van der Waals surface area contributed by atoms with Crippen molar-refractivity contribution in [1.82, 2.24) is 9.03 Å². The van der Waals surface area contributed by atoms with E-state index in [0.717, 1.165) is 23.7 Å². The van der Waals surface area contributed by atoms with E-state index in [4.69, 9.17) is 4.74 Å². The van der Waals surface area contributed by atoms with E-state index < -0.39 is 20.0 Å². The maximum atomic E-state index is 12.6. The third-order valence-electron chi connectivity index (χ3n) is 4.74. The predicted molar refractivity (Wildman–Crippen MR) is 119 cm³/mol. The van der Waals surface area contributed by atoms with E-state index in [1.54, 1.807) is 36.4 Å². The Kier molecular flexibility index (Phi) is 7.92. The van der Waals surface area contributed by atoms with E-state index in [0.29, 0.717) is 24.4 Å². The van der Waals surface area contributed by atoms with E-state index in [1.165, 1.54) is 16.4 Å². The molecule has 30 heavy (non-hydrogen) atoms. The average molecular weight is 517 g/mol. The molecule has 1 heterocycles. The van der Waals surface area contributed by atoms with E-state index in [9.17, 15) is 16.8 Å². The van der Waals surface area contributed by atoms with Gasteiger partial charge >= 0.3 is 0 Å². The summed E-state index contributed by atoms with van der Waals surface area (Å²) in [6, 6.07) is 13.3. The second kappa shape index (κ2) is 10.2. The normalized spacial score (nSPS) is 15.8. The van der Waals surface area contributed by atoms with Crippen LogP contribution >= 0.6 is 15.9 Å². The van der Waals surface area contributed by atoms with Crippen molar-refractivity contribution in [3.05, 3.63) is 58.6 Å². The number of nitrogens with one attached hydrogen (secondary N) is 1. The van der Waals surface area contributed by atoms with Gasteiger partial charge in [0.1, 0.15) is 12.4 Å². The molecule has 2 aromatic rings. The standard InChI is InChI=1S/C20H25BrN2O5S2/c21-18-6-4-17(5-7-18)16-29(24,25)22-12-15-28-19-8-10-20(11-9-19)30(26,27)23-13-2-1-3-14-23/h4-11,22H,1-3,12-16H2. The molecule has 0 bridgehead atoms. The zero-order valence-corrected chi connectivity index (χ0v) is 19.7. The number of sulfonamides is 2. The molecule has 164 valence electrons. The third kappa shape index (κ3) is 6.52. The number of nitrogens with zero attached hydrogens (tertiary/aromatic N) is 1. The van der Waals surface area contributed by atoms with Gasteiger partial charge in [-0.3, -0.25) is 0 Å². The summed E-state index contributed by atoms with van der Waals surface area (Å²) in [7, 11) is -6.94. The van der Waals surface area contributed by atoms with Crippen molar-refractivity contribution in [1.29, 1.82) is 0 Å². The van der Waals surface area contributed by atoms with Gasteiger partial charge in [0.05, 0.1) is 10.6 Å². The SMILES string of the molecule is O=S(=O)(Cc1ccc(Br)cc1)NCCOc1ccc(S(=O)(=O)N2CCCCC2)cc1. The highest BCUT2D eigenvalue weighted by Gasteiger charge is 2.25. The summed E-state index contributed by atoms with van der Waals surface area (Å²) in [4.78, 5) is 0.243. The molecule has 0 spiro atoms. The number of hydrogen-bond acceptors (Lipinski definition) is 5. The minimum absolute atomic E-state index is 0.108. The second-order valence-corrected chi connectivity index (χ2v) is 11.7. The van der Waals surface area contributed by atoms with Crippen LogP contribution in [-0.2, 0) is 25.8 Å². The Labute approximate surface area is 186 Å². The predicted octanol–water partition coefficient (Wildman–Crippen LogP) is 3.12. The van der Waals surface area contributed by atoms with Crippen LogP contribution < -0.4 is 9.46 Å². The summed E-state index contributed by atoms with van der Waals surface area (Å²) >= 11 is 3.32. The van der Waals surface area contributed by atoms with E-state index in [-0.39, 0.29) is 23.8 Å². The lowest BCUT2D eigenvalue weighted by atomic mass is 10.2. The second-order valence-electron chi connectivity index (χ2n) is 7.06. The minimum atomic E-state index is -3.47. The van der Waals surface area contributed by atoms with Crippen LogP contribution in [0.1, 0.15) is 24.8 Å². The van der Waals surface area contributed by atoms with Crippen LogP contribution in [0.15, 0.2) is 57.9 Å². The van der Waals surface area contributed by atoms with Crippen LogP contribution in [0.4, 0.5) is 0 Å². The molecule has 0 aliphatic carbocycles. The summed E-state index contributed by atoms with van der Waals surface area (Å²) in [6.45, 7) is 1.37. The summed E-state index contributed by atoms with van der Waals surface area (Å²) in [5, 5.41) is 0. The van der Waals surface area contributed by atoms with Gasteiger partial charge in [-0.2, -0.15) is 4.31 Å². The molecule has 2 aromatic carbocycles. The van der Waals surface area contributed by atoms with Crippen LogP contribution in [-0.4, -0.2) is 47.4 Å². The summed E-state index contributed by atoms with van der Waals surface area (Å²) in [6.07, 6.45) is 2.84. The Hall–Kier alpha value is -1.46. The molecule has 0 aromatic heterocycles. The molecule has 0 unspecified atom stereocenters. The third-order valence-corrected chi connectivity index (χ3v) is 8.54. The molecule has 1 N–H and O–H groups in total. The van der Waals surface area contributed by atoms with Crippen LogP contribution in [0.25, 0.3) is 0 Å². The summed E-state index contributed by atoms with van der Waals surface area (Å²) in [5.74, 6) is 0.378. The Morgan fingerprint density at radius 1 is 0.900 bits per heavy atom. The van der Waals surface area contributed by atoms with Gasteiger partial charge in [-0.15, -0.1) is 0 Å². The quantitative estimate of drug-likeness (QED) is 0.516. The highest BCUT2D eigenvalue weighted by molar-refractivity contribution is 9.10. The Morgan fingerprint density at radius 3 is 2.17 bits per heavy atom. The van der Waals surface area contributed by atoms with Crippen molar-refractivity contribution in [2.45, 2.75) is 29.9 Å². The highest BCUT2D eigenvalue weighted by Crippen LogP contribution is 2.22. The molecule has 3 rings (SSSR count). The van der Waals surface area contributed by atoms with Crippen LogP contribution in [0, 0.1) is 0 Å². The molecular weight excluding hydrogens is 492 g/mol. The Morgan fingerprint density at radius 2 is 1.53 bits per heavy atom. The lowest BCUT2D eigenvalue weighted by Gasteiger charge is -2.25. The molecule has 0 saturated carbocycles. The molecule has 10 heteroatoms. The first kappa shape index (κ1) is 23.2. The molecule has 0 radical (unpaired) electrons. The Bertz CT molecular complexity index is 1030. The van der Waals surface area contributed by atoms with Gasteiger partial charge in [-0.1, -0.05) is 34.5 Å². The number of halogens is 1. The van der Waals surface area contributed by atoms with Crippen molar-refractivity contribution >= 4 is 36.0 Å². The topological polar surface area (TPSA) is 92.8 Å². The van der Waals surface area contributed by atoms with Crippen LogP contribution in [0.5, 0.6) is 5.75 Å². The fourth-order valence-electron chi connectivity index (χ4n) is 3.18. The van der Waals surface area contributed by atoms with Crippen LogP contribution in [0.2, 0.25) is 0 Å². The van der Waals surface area contributed by atoms with Crippen molar-refractivity contribution in [2.24, 2.45) is 0 Å². The van der Waals surface area contributed by atoms with Crippen molar-refractivity contribution in [3.63, 3.8) is 0 Å². The fraction of sp³-hybridized carbons (Fsp3) is 0.400. The maximum Gasteiger partial charge on any atom is 0.243 e. The highest BCUT2D eigenvalue weighted by atomic mass is 79.9. The lowest BCUT2D eigenvalue weighted by Crippen LogP contribution is -2.35. The summed E-state index contributed by atoms with van der Waals surface area (Å²) < 4.78 is 60.0. The molecule has 1 aliphatic heterocycles. The van der Waals surface area contributed by atoms with Gasteiger partial charge < -0.3 is 4.74 Å². The van der Waals surface area contributed by atoms with Crippen molar-refractivity contribution < 1.29 is 21.6 Å². The molecule has 1 aliphatic rings. The van der Waals surface area contributed by atoms with Crippen molar-refractivity contribution in [3.8, 4) is 5.75 Å². The van der Waals surface area contributed by atoms with E-state index in [1.807, 2.05) is 0 Å². The van der Waals surface area contributed by atoms with Crippen LogP contribution in [0.3, 0.4) is 0 Å². The Balaban J connectivity index is 1.47. The van der Waals surface area contributed by atoms with Gasteiger partial charge in [0, 0.05) is 24.1 Å². The zero-order chi connectivity index (χ0) is 21.6. The largest absolute Gasteiger partial charge is 0.492 e. The first-order valence-electron chi connectivity index (χ1n) is 9.71. The molecule has 0 atom stereocenters. The smallest absolute Gasteiger partial charge is 0.243 e. The maximum absolute atomic E-state index is 12.6. The fourth-order valence-corrected chi connectivity index (χ4v) is 6.09. The molecular formula is C20H25BrN2O5S2. The van der Waals surface area contributed by atoms with Crippen molar-refractivity contribution in [2.75, 3.05) is 26.2 Å². The van der Waals surface area contributed by atoms with Gasteiger partial charge in [-0.05, 0) is 54.8 Å². The average Bonchev–Trinajstić information content (AvgIpc) is 2.74. The van der Waals surface area contributed by atoms with E-state index >= 15 is 0 Å². The number of rotatable bonds is 9. The molecule has 1 fully saturated rings. The minimum Gasteiger partial charge on any atom is -0.492 e. The molecule has 1 saturated heterocycles. The zero-order valence-electron chi connectivity index (χ0n) is 16.5. The molecule has 0 amide bonds. The van der Waals surface area contributed by atoms with Gasteiger partial charge in [0.2, 0.25) is 20.0 Å². The van der Waals surface area contributed by atoms with Gasteiger partial charge in [-0.25, -0.2) is 21.6 Å². The lowest BCUT2D eigenvalue weighted by molar-refractivity contribution is 0.322. The van der Waals surface area contributed by atoms with E-state index in [2.05, 4.69) is 20.7 Å². The molecule has 7 nitrogen and oxygen atoms in total.